The van der Waals surface area contributed by atoms with Crippen LogP contribution in [-0.4, -0.2) is 12.7 Å². The van der Waals surface area contributed by atoms with Gasteiger partial charge in [-0.25, -0.2) is 0 Å². The SMILES string of the molecule is CCCCCCCCCCC1CCC(C2CCC(OCCCCCC)CC2)CC1. The summed E-state index contributed by atoms with van der Waals surface area (Å²) < 4.78 is 6.17. The minimum absolute atomic E-state index is 0.589. The monoisotopic (exact) mass is 406 g/mol. The van der Waals surface area contributed by atoms with Crippen molar-refractivity contribution < 1.29 is 4.74 Å². The van der Waals surface area contributed by atoms with Crippen molar-refractivity contribution in [1.29, 1.82) is 0 Å². The van der Waals surface area contributed by atoms with Gasteiger partial charge < -0.3 is 4.74 Å². The van der Waals surface area contributed by atoms with Crippen LogP contribution in [0.1, 0.15) is 149 Å². The van der Waals surface area contributed by atoms with Crippen molar-refractivity contribution >= 4 is 0 Å². The molecule has 0 amide bonds. The standard InChI is InChI=1S/C28H54O/c1-3-5-7-9-10-11-12-13-15-25-16-18-26(19-17-25)27-20-22-28(23-21-27)29-24-14-8-6-4-2/h25-28H,3-24H2,1-2H3. The highest BCUT2D eigenvalue weighted by atomic mass is 16.5. The van der Waals surface area contributed by atoms with Crippen molar-refractivity contribution in [3.05, 3.63) is 0 Å². The summed E-state index contributed by atoms with van der Waals surface area (Å²) in [4.78, 5) is 0. The molecule has 1 heteroatoms. The Morgan fingerprint density at radius 1 is 0.517 bits per heavy atom. The number of hydrogen-bond acceptors (Lipinski definition) is 1. The minimum atomic E-state index is 0.589. The highest BCUT2D eigenvalue weighted by molar-refractivity contribution is 4.82. The van der Waals surface area contributed by atoms with E-state index in [0.29, 0.717) is 6.10 Å². The van der Waals surface area contributed by atoms with Crippen molar-refractivity contribution in [2.75, 3.05) is 6.61 Å². The van der Waals surface area contributed by atoms with E-state index in [9.17, 15) is 0 Å². The average molecular weight is 407 g/mol. The fourth-order valence-electron chi connectivity index (χ4n) is 6.02. The predicted octanol–water partition coefficient (Wildman–Crippen LogP) is 9.48. The lowest BCUT2D eigenvalue weighted by atomic mass is 9.70. The van der Waals surface area contributed by atoms with Crippen molar-refractivity contribution in [2.45, 2.75) is 155 Å². The van der Waals surface area contributed by atoms with Gasteiger partial charge in [0, 0.05) is 6.61 Å². The fraction of sp³-hybridized carbons (Fsp3) is 1.00. The molecule has 1 nitrogen and oxygen atoms in total. The molecule has 2 aliphatic rings. The summed E-state index contributed by atoms with van der Waals surface area (Å²) in [5, 5.41) is 0. The Labute approximate surface area is 184 Å². The molecule has 0 heterocycles. The molecule has 0 aromatic heterocycles. The van der Waals surface area contributed by atoms with Gasteiger partial charge in [-0.1, -0.05) is 104 Å². The quantitative estimate of drug-likeness (QED) is 0.232. The zero-order chi connectivity index (χ0) is 20.6. The third-order valence-corrected chi connectivity index (χ3v) is 8.09. The van der Waals surface area contributed by atoms with E-state index < -0.39 is 0 Å². The number of ether oxygens (including phenoxy) is 1. The Morgan fingerprint density at radius 2 is 1.00 bits per heavy atom. The third kappa shape index (κ3) is 11.2. The molecule has 2 saturated carbocycles. The van der Waals surface area contributed by atoms with Gasteiger partial charge in [0.25, 0.3) is 0 Å². The van der Waals surface area contributed by atoms with Gasteiger partial charge in [0.05, 0.1) is 6.10 Å². The first-order chi connectivity index (χ1) is 14.3. The summed E-state index contributed by atoms with van der Waals surface area (Å²) in [5.41, 5.74) is 0. The Balaban J connectivity index is 1.44. The molecule has 0 aromatic rings. The first-order valence-corrected chi connectivity index (χ1v) is 13.9. The molecule has 29 heavy (non-hydrogen) atoms. The largest absolute Gasteiger partial charge is 0.378 e. The summed E-state index contributed by atoms with van der Waals surface area (Å²) in [6.45, 7) is 5.61. The molecule has 0 aliphatic heterocycles. The van der Waals surface area contributed by atoms with Crippen LogP contribution in [0, 0.1) is 17.8 Å². The number of rotatable bonds is 16. The van der Waals surface area contributed by atoms with Gasteiger partial charge in [-0.05, 0) is 62.7 Å². The molecule has 0 unspecified atom stereocenters. The molecule has 0 spiro atoms. The molecule has 2 aliphatic carbocycles. The lowest BCUT2D eigenvalue weighted by Gasteiger charge is -2.38. The maximum Gasteiger partial charge on any atom is 0.0575 e. The Morgan fingerprint density at radius 3 is 1.59 bits per heavy atom. The molecule has 0 aromatic carbocycles. The molecule has 0 radical (unpaired) electrons. The van der Waals surface area contributed by atoms with Crippen LogP contribution in [0.4, 0.5) is 0 Å². The second kappa shape index (κ2) is 16.6. The molecule has 172 valence electrons. The normalized spacial score (nSPS) is 27.9. The summed E-state index contributed by atoms with van der Waals surface area (Å²) in [5.74, 6) is 3.14. The van der Waals surface area contributed by atoms with Gasteiger partial charge in [-0.2, -0.15) is 0 Å². The second-order valence-corrected chi connectivity index (χ2v) is 10.5. The van der Waals surface area contributed by atoms with E-state index in [1.165, 1.54) is 135 Å². The first-order valence-electron chi connectivity index (χ1n) is 13.9. The maximum absolute atomic E-state index is 6.17. The van der Waals surface area contributed by atoms with Crippen LogP contribution >= 0.6 is 0 Å². The van der Waals surface area contributed by atoms with Gasteiger partial charge in [0.2, 0.25) is 0 Å². The van der Waals surface area contributed by atoms with E-state index in [1.807, 2.05) is 0 Å². The van der Waals surface area contributed by atoms with Crippen LogP contribution in [0.3, 0.4) is 0 Å². The zero-order valence-corrected chi connectivity index (χ0v) is 20.3. The van der Waals surface area contributed by atoms with Crippen LogP contribution in [-0.2, 0) is 4.74 Å². The van der Waals surface area contributed by atoms with E-state index >= 15 is 0 Å². The molecule has 0 bridgehead atoms. The van der Waals surface area contributed by atoms with Crippen molar-refractivity contribution in [2.24, 2.45) is 17.8 Å². The van der Waals surface area contributed by atoms with Crippen LogP contribution < -0.4 is 0 Å². The van der Waals surface area contributed by atoms with E-state index in [-0.39, 0.29) is 0 Å². The van der Waals surface area contributed by atoms with Crippen LogP contribution in [0.15, 0.2) is 0 Å². The Hall–Kier alpha value is -0.0400. The highest BCUT2D eigenvalue weighted by Crippen LogP contribution is 2.41. The maximum atomic E-state index is 6.17. The average Bonchev–Trinajstić information content (AvgIpc) is 2.76. The molecule has 0 saturated heterocycles. The van der Waals surface area contributed by atoms with E-state index in [4.69, 9.17) is 4.74 Å². The van der Waals surface area contributed by atoms with Crippen molar-refractivity contribution in [1.82, 2.24) is 0 Å². The van der Waals surface area contributed by atoms with Crippen LogP contribution in [0.25, 0.3) is 0 Å². The first kappa shape index (κ1) is 25.2. The van der Waals surface area contributed by atoms with E-state index in [0.717, 1.165) is 24.4 Å². The van der Waals surface area contributed by atoms with Gasteiger partial charge in [0.1, 0.15) is 0 Å². The predicted molar refractivity (Wildman–Crippen MR) is 129 cm³/mol. The Bertz CT molecular complexity index is 349. The highest BCUT2D eigenvalue weighted by Gasteiger charge is 2.30. The topological polar surface area (TPSA) is 9.23 Å². The smallest absolute Gasteiger partial charge is 0.0575 e. The summed E-state index contributed by atoms with van der Waals surface area (Å²) in [6, 6.07) is 0. The fourth-order valence-corrected chi connectivity index (χ4v) is 6.02. The van der Waals surface area contributed by atoms with E-state index in [2.05, 4.69) is 13.8 Å². The van der Waals surface area contributed by atoms with Gasteiger partial charge >= 0.3 is 0 Å². The van der Waals surface area contributed by atoms with Crippen molar-refractivity contribution in [3.63, 3.8) is 0 Å². The molecule has 2 rings (SSSR count). The summed E-state index contributed by atoms with van der Waals surface area (Å²) in [7, 11) is 0. The molecular formula is C28H54O. The van der Waals surface area contributed by atoms with Gasteiger partial charge in [0.15, 0.2) is 0 Å². The van der Waals surface area contributed by atoms with Crippen molar-refractivity contribution in [3.8, 4) is 0 Å². The number of unbranched alkanes of at least 4 members (excludes halogenated alkanes) is 10. The van der Waals surface area contributed by atoms with E-state index in [1.54, 1.807) is 0 Å². The molecule has 0 atom stereocenters. The summed E-state index contributed by atoms with van der Waals surface area (Å²) >= 11 is 0. The number of hydrogen-bond donors (Lipinski definition) is 0. The van der Waals surface area contributed by atoms with Crippen LogP contribution in [0.5, 0.6) is 0 Å². The minimum Gasteiger partial charge on any atom is -0.378 e. The lowest BCUT2D eigenvalue weighted by Crippen LogP contribution is -2.28. The molecule has 2 fully saturated rings. The second-order valence-electron chi connectivity index (χ2n) is 10.5. The van der Waals surface area contributed by atoms with Gasteiger partial charge in [-0.3, -0.25) is 0 Å². The Kier molecular flexibility index (Phi) is 14.5. The summed E-state index contributed by atoms with van der Waals surface area (Å²) in [6.07, 6.45) is 30.9. The zero-order valence-electron chi connectivity index (χ0n) is 20.3. The van der Waals surface area contributed by atoms with Crippen LogP contribution in [0.2, 0.25) is 0 Å². The van der Waals surface area contributed by atoms with Gasteiger partial charge in [-0.15, -0.1) is 0 Å². The third-order valence-electron chi connectivity index (χ3n) is 8.09. The molecule has 0 N–H and O–H groups in total. The lowest BCUT2D eigenvalue weighted by molar-refractivity contribution is 0.00529. The molecular weight excluding hydrogens is 352 g/mol.